The highest BCUT2D eigenvalue weighted by Gasteiger charge is 2.29. The smallest absolute Gasteiger partial charge is 0.308 e. The molecule has 5 nitrogen and oxygen atoms in total. The Labute approximate surface area is 95.2 Å². The lowest BCUT2D eigenvalue weighted by Gasteiger charge is -2.10. The Hall–Kier alpha value is -2.05. The average Bonchev–Trinajstić information content (AvgIpc) is 2.18. The van der Waals surface area contributed by atoms with Gasteiger partial charge in [-0.3, -0.25) is 14.9 Å². The van der Waals surface area contributed by atoms with Crippen LogP contribution in [0.25, 0.3) is 0 Å². The fraction of sp³-hybridized carbons (Fsp3) is 0.300. The molecule has 92 valence electrons. The van der Waals surface area contributed by atoms with Crippen molar-refractivity contribution in [3.63, 3.8) is 0 Å². The molecule has 0 saturated carbocycles. The molecule has 0 N–H and O–H groups in total. The van der Waals surface area contributed by atoms with Crippen LogP contribution in [0.1, 0.15) is 24.5 Å². The van der Waals surface area contributed by atoms with Gasteiger partial charge in [0.25, 0.3) is 12.1 Å². The minimum absolute atomic E-state index is 0.0844. The Kier molecular flexibility index (Phi) is 3.72. The molecule has 0 aliphatic rings. The first-order valence-electron chi connectivity index (χ1n) is 4.59. The van der Waals surface area contributed by atoms with E-state index in [0.29, 0.717) is 0 Å². The van der Waals surface area contributed by atoms with Crippen LogP contribution < -0.4 is 4.74 Å². The van der Waals surface area contributed by atoms with Crippen molar-refractivity contribution in [3.8, 4) is 5.75 Å². The van der Waals surface area contributed by atoms with Crippen molar-refractivity contribution in [1.82, 2.24) is 0 Å². The van der Waals surface area contributed by atoms with Crippen LogP contribution in [-0.2, 0) is 4.79 Å². The zero-order valence-electron chi connectivity index (χ0n) is 9.07. The zero-order chi connectivity index (χ0) is 13.2. The van der Waals surface area contributed by atoms with Gasteiger partial charge in [-0.15, -0.1) is 0 Å². The van der Waals surface area contributed by atoms with Crippen molar-refractivity contribution in [1.29, 1.82) is 0 Å². The van der Waals surface area contributed by atoms with E-state index in [0.717, 1.165) is 13.0 Å². The normalized spacial score (nSPS) is 10.4. The lowest BCUT2D eigenvalue weighted by Crippen LogP contribution is -2.07. The van der Waals surface area contributed by atoms with Gasteiger partial charge < -0.3 is 4.74 Å². The predicted octanol–water partition coefficient (Wildman–Crippen LogP) is 2.77. The second-order valence-electron chi connectivity index (χ2n) is 3.29. The van der Waals surface area contributed by atoms with E-state index in [-0.39, 0.29) is 5.56 Å². The van der Waals surface area contributed by atoms with Gasteiger partial charge >= 0.3 is 5.97 Å². The van der Waals surface area contributed by atoms with Crippen LogP contribution in [0.15, 0.2) is 12.1 Å². The van der Waals surface area contributed by atoms with E-state index in [1.165, 1.54) is 13.0 Å². The Morgan fingerprint density at radius 1 is 1.47 bits per heavy atom. The molecule has 1 rings (SSSR count). The number of hydrogen-bond donors (Lipinski definition) is 0. The van der Waals surface area contributed by atoms with Gasteiger partial charge in [0, 0.05) is 12.5 Å². The van der Waals surface area contributed by atoms with Crippen molar-refractivity contribution in [2.24, 2.45) is 0 Å². The second kappa shape index (κ2) is 4.86. The zero-order valence-corrected chi connectivity index (χ0v) is 9.07. The number of carbonyl (C=O) groups excluding carboxylic acids is 1. The molecule has 0 radical (unpaired) electrons. The highest BCUT2D eigenvalue weighted by molar-refractivity contribution is 5.71. The number of aryl methyl sites for hydroxylation is 1. The molecular formula is C10H9F2NO4. The summed E-state index contributed by atoms with van der Waals surface area (Å²) in [7, 11) is 0. The molecule has 0 saturated heterocycles. The van der Waals surface area contributed by atoms with Crippen LogP contribution in [0.2, 0.25) is 0 Å². The third kappa shape index (κ3) is 2.74. The van der Waals surface area contributed by atoms with E-state index in [2.05, 4.69) is 4.74 Å². The summed E-state index contributed by atoms with van der Waals surface area (Å²) in [5, 5.41) is 10.7. The predicted molar refractivity (Wildman–Crippen MR) is 54.1 cm³/mol. The lowest BCUT2D eigenvalue weighted by molar-refractivity contribution is -0.386. The van der Waals surface area contributed by atoms with Gasteiger partial charge in [0.2, 0.25) is 0 Å². The molecule has 0 spiro atoms. The summed E-state index contributed by atoms with van der Waals surface area (Å²) in [6.45, 7) is 2.36. The molecule has 1 aromatic carbocycles. The van der Waals surface area contributed by atoms with Crippen LogP contribution in [0.3, 0.4) is 0 Å². The maximum atomic E-state index is 12.8. The van der Waals surface area contributed by atoms with Crippen molar-refractivity contribution in [3.05, 3.63) is 33.4 Å². The van der Waals surface area contributed by atoms with E-state index in [1.54, 1.807) is 0 Å². The number of benzene rings is 1. The van der Waals surface area contributed by atoms with Crippen LogP contribution >= 0.6 is 0 Å². The number of ether oxygens (including phenoxy) is 1. The minimum Gasteiger partial charge on any atom is -0.426 e. The van der Waals surface area contributed by atoms with Crippen LogP contribution in [-0.4, -0.2) is 10.9 Å². The molecule has 7 heteroatoms. The number of nitro benzene ring substituents is 1. The number of nitro groups is 1. The van der Waals surface area contributed by atoms with Gasteiger partial charge in [0.05, 0.1) is 4.92 Å². The van der Waals surface area contributed by atoms with Gasteiger partial charge in [0.1, 0.15) is 11.3 Å². The SMILES string of the molecule is CC(=O)Oc1ccc(C)c([N+](=O)[O-])c1C(F)F. The van der Waals surface area contributed by atoms with Gasteiger partial charge in [-0.1, -0.05) is 0 Å². The second-order valence-corrected chi connectivity index (χ2v) is 3.29. The van der Waals surface area contributed by atoms with Gasteiger partial charge in [-0.2, -0.15) is 0 Å². The Balaban J connectivity index is 3.47. The minimum atomic E-state index is -3.09. The largest absolute Gasteiger partial charge is 0.426 e. The van der Waals surface area contributed by atoms with Crippen molar-refractivity contribution in [2.45, 2.75) is 20.3 Å². The first kappa shape index (κ1) is 13.0. The standard InChI is InChI=1S/C10H9F2NO4/c1-5-3-4-7(17-6(2)14)8(10(11)12)9(5)13(15)16/h3-4,10H,1-2H3. The van der Waals surface area contributed by atoms with E-state index in [9.17, 15) is 23.7 Å². The monoisotopic (exact) mass is 245 g/mol. The number of carbonyl (C=O) groups is 1. The summed E-state index contributed by atoms with van der Waals surface area (Å²) in [5.41, 5.74) is -1.51. The van der Waals surface area contributed by atoms with Gasteiger partial charge in [0.15, 0.2) is 0 Å². The third-order valence-electron chi connectivity index (χ3n) is 2.03. The fourth-order valence-corrected chi connectivity index (χ4v) is 1.40. The molecule has 0 bridgehead atoms. The fourth-order valence-electron chi connectivity index (χ4n) is 1.40. The summed E-state index contributed by atoms with van der Waals surface area (Å²) in [6, 6.07) is 2.37. The number of alkyl halides is 2. The van der Waals surface area contributed by atoms with E-state index in [4.69, 9.17) is 0 Å². The van der Waals surface area contributed by atoms with Gasteiger partial charge in [-0.25, -0.2) is 8.78 Å². The Morgan fingerprint density at radius 3 is 2.47 bits per heavy atom. The Morgan fingerprint density at radius 2 is 2.06 bits per heavy atom. The first-order chi connectivity index (χ1) is 7.84. The van der Waals surface area contributed by atoms with Gasteiger partial charge in [-0.05, 0) is 19.1 Å². The molecule has 0 amide bonds. The number of rotatable bonds is 3. The number of halogens is 2. The van der Waals surface area contributed by atoms with Crippen molar-refractivity contribution >= 4 is 11.7 Å². The van der Waals surface area contributed by atoms with Crippen LogP contribution in [0.5, 0.6) is 5.75 Å². The van der Waals surface area contributed by atoms with E-state index < -0.39 is 34.3 Å². The molecule has 1 aromatic rings. The highest BCUT2D eigenvalue weighted by atomic mass is 19.3. The highest BCUT2D eigenvalue weighted by Crippen LogP contribution is 2.38. The van der Waals surface area contributed by atoms with Crippen LogP contribution in [0.4, 0.5) is 14.5 Å². The molecule has 17 heavy (non-hydrogen) atoms. The van der Waals surface area contributed by atoms with Crippen molar-refractivity contribution in [2.75, 3.05) is 0 Å². The summed E-state index contributed by atoms with van der Waals surface area (Å²) < 4.78 is 30.1. The molecule has 0 aromatic heterocycles. The molecule has 0 fully saturated rings. The van der Waals surface area contributed by atoms with E-state index in [1.807, 2.05) is 0 Å². The average molecular weight is 245 g/mol. The third-order valence-corrected chi connectivity index (χ3v) is 2.03. The summed E-state index contributed by atoms with van der Waals surface area (Å²) in [4.78, 5) is 20.5. The molecule has 0 aliphatic heterocycles. The molecule has 0 aliphatic carbocycles. The molecule has 0 unspecified atom stereocenters. The Bertz CT molecular complexity index is 474. The maximum absolute atomic E-state index is 12.8. The maximum Gasteiger partial charge on any atom is 0.308 e. The molecule has 0 atom stereocenters. The number of nitrogens with zero attached hydrogens (tertiary/aromatic N) is 1. The molecular weight excluding hydrogens is 236 g/mol. The van der Waals surface area contributed by atoms with Crippen molar-refractivity contribution < 1.29 is 23.2 Å². The number of esters is 1. The number of hydrogen-bond acceptors (Lipinski definition) is 4. The summed E-state index contributed by atoms with van der Waals surface area (Å²) in [5.74, 6) is -1.30. The molecule has 0 heterocycles. The summed E-state index contributed by atoms with van der Waals surface area (Å²) >= 11 is 0. The topological polar surface area (TPSA) is 69.4 Å². The first-order valence-corrected chi connectivity index (χ1v) is 4.59. The van der Waals surface area contributed by atoms with Crippen LogP contribution in [0, 0.1) is 17.0 Å². The quantitative estimate of drug-likeness (QED) is 0.355. The summed E-state index contributed by atoms with van der Waals surface area (Å²) in [6.07, 6.45) is -3.09. The van der Waals surface area contributed by atoms with E-state index >= 15 is 0 Å². The lowest BCUT2D eigenvalue weighted by atomic mass is 10.1.